The first-order chi connectivity index (χ1) is 12.1. The fourth-order valence-electron chi connectivity index (χ4n) is 2.78. The molecule has 132 valence electrons. The van der Waals surface area contributed by atoms with Crippen molar-refractivity contribution in [2.24, 2.45) is 5.92 Å². The average Bonchev–Trinajstić information content (AvgIpc) is 2.63. The van der Waals surface area contributed by atoms with Crippen LogP contribution in [0.2, 0.25) is 0 Å². The minimum Gasteiger partial charge on any atom is -0.466 e. The van der Waals surface area contributed by atoms with Crippen LogP contribution in [0.25, 0.3) is 0 Å². The molecule has 1 fully saturated rings. The number of piperidine rings is 1. The Morgan fingerprint density at radius 1 is 1.36 bits per heavy atom. The zero-order chi connectivity index (χ0) is 18.2. The Kier molecular flexibility index (Phi) is 6.58. The minimum absolute atomic E-state index is 0.0536. The Labute approximate surface area is 148 Å². The van der Waals surface area contributed by atoms with Gasteiger partial charge in [0.05, 0.1) is 12.5 Å². The zero-order valence-electron chi connectivity index (χ0n) is 14.6. The second-order valence-corrected chi connectivity index (χ2v) is 5.95. The summed E-state index contributed by atoms with van der Waals surface area (Å²) in [7, 11) is 0. The average molecular weight is 341 g/mol. The van der Waals surface area contributed by atoms with E-state index < -0.39 is 0 Å². The molecule has 1 aromatic rings. The lowest BCUT2D eigenvalue weighted by atomic mass is 9.96. The van der Waals surface area contributed by atoms with Crippen LogP contribution in [0.5, 0.6) is 0 Å². The largest absolute Gasteiger partial charge is 0.466 e. The van der Waals surface area contributed by atoms with Crippen LogP contribution in [0.3, 0.4) is 0 Å². The van der Waals surface area contributed by atoms with Gasteiger partial charge in [0.15, 0.2) is 0 Å². The van der Waals surface area contributed by atoms with E-state index in [1.165, 1.54) is 6.20 Å². The van der Waals surface area contributed by atoms with Crippen molar-refractivity contribution in [3.8, 4) is 6.07 Å². The predicted molar refractivity (Wildman–Crippen MR) is 94.4 cm³/mol. The van der Waals surface area contributed by atoms with E-state index >= 15 is 0 Å². The lowest BCUT2D eigenvalue weighted by Crippen LogP contribution is -2.41. The van der Waals surface area contributed by atoms with Crippen LogP contribution in [0.4, 0.5) is 5.69 Å². The summed E-state index contributed by atoms with van der Waals surface area (Å²) in [6, 6.07) is 9.60. The molecule has 6 nitrogen and oxygen atoms in total. The lowest BCUT2D eigenvalue weighted by molar-refractivity contribution is -0.150. The predicted octanol–water partition coefficient (Wildman–Crippen LogP) is 2.62. The van der Waals surface area contributed by atoms with Gasteiger partial charge >= 0.3 is 5.97 Å². The third kappa shape index (κ3) is 4.83. The molecular weight excluding hydrogens is 318 g/mol. The molecule has 0 bridgehead atoms. The number of anilines is 1. The van der Waals surface area contributed by atoms with Gasteiger partial charge in [-0.25, -0.2) is 0 Å². The molecule has 1 aliphatic heterocycles. The highest BCUT2D eigenvalue weighted by Crippen LogP contribution is 2.20. The van der Waals surface area contributed by atoms with E-state index in [1.807, 2.05) is 37.3 Å². The maximum atomic E-state index is 12.5. The maximum absolute atomic E-state index is 12.5. The molecule has 0 radical (unpaired) electrons. The van der Waals surface area contributed by atoms with Gasteiger partial charge in [-0.1, -0.05) is 18.2 Å². The molecule has 1 aromatic carbocycles. The molecule has 1 saturated heterocycles. The van der Waals surface area contributed by atoms with E-state index in [1.54, 1.807) is 11.8 Å². The van der Waals surface area contributed by atoms with Crippen molar-refractivity contribution in [2.45, 2.75) is 26.7 Å². The van der Waals surface area contributed by atoms with E-state index in [2.05, 4.69) is 5.32 Å². The van der Waals surface area contributed by atoms with E-state index in [0.29, 0.717) is 32.5 Å². The van der Waals surface area contributed by atoms with Crippen LogP contribution < -0.4 is 5.32 Å². The van der Waals surface area contributed by atoms with Crippen molar-refractivity contribution in [1.29, 1.82) is 5.26 Å². The number of amides is 1. The number of hydrogen-bond donors (Lipinski definition) is 1. The molecule has 0 spiro atoms. The smallest absolute Gasteiger partial charge is 0.309 e. The van der Waals surface area contributed by atoms with Crippen LogP contribution in [0, 0.1) is 24.2 Å². The van der Waals surface area contributed by atoms with Gasteiger partial charge in [-0.15, -0.1) is 0 Å². The third-order valence-electron chi connectivity index (χ3n) is 4.27. The number of para-hydroxylation sites is 1. The van der Waals surface area contributed by atoms with Gasteiger partial charge in [-0.2, -0.15) is 5.26 Å². The zero-order valence-corrected chi connectivity index (χ0v) is 14.6. The van der Waals surface area contributed by atoms with E-state index in [-0.39, 0.29) is 23.4 Å². The van der Waals surface area contributed by atoms with Crippen LogP contribution >= 0.6 is 0 Å². The number of esters is 1. The quantitative estimate of drug-likeness (QED) is 0.506. The number of rotatable bonds is 5. The van der Waals surface area contributed by atoms with Crippen molar-refractivity contribution in [2.75, 3.05) is 25.0 Å². The van der Waals surface area contributed by atoms with E-state index in [0.717, 1.165) is 11.3 Å². The summed E-state index contributed by atoms with van der Waals surface area (Å²) < 4.78 is 5.03. The van der Waals surface area contributed by atoms with E-state index in [9.17, 15) is 14.9 Å². The molecule has 1 N–H and O–H groups in total. The van der Waals surface area contributed by atoms with Gasteiger partial charge in [0.25, 0.3) is 5.91 Å². The van der Waals surface area contributed by atoms with Crippen molar-refractivity contribution in [3.05, 3.63) is 41.6 Å². The summed E-state index contributed by atoms with van der Waals surface area (Å²) in [6.45, 7) is 4.99. The summed E-state index contributed by atoms with van der Waals surface area (Å²) in [6.07, 6.45) is 2.57. The Morgan fingerprint density at radius 3 is 2.64 bits per heavy atom. The van der Waals surface area contributed by atoms with Crippen molar-refractivity contribution < 1.29 is 14.3 Å². The Bertz CT molecular complexity index is 698. The number of nitriles is 1. The molecule has 0 unspecified atom stereocenters. The highest BCUT2D eigenvalue weighted by Gasteiger charge is 2.29. The summed E-state index contributed by atoms with van der Waals surface area (Å²) in [5.41, 5.74) is 1.93. The normalized spacial score (nSPS) is 15.4. The number of carbonyl (C=O) groups is 2. The molecule has 0 aliphatic carbocycles. The molecule has 0 atom stereocenters. The first-order valence-corrected chi connectivity index (χ1v) is 8.45. The minimum atomic E-state index is -0.314. The Hall–Kier alpha value is -2.81. The summed E-state index contributed by atoms with van der Waals surface area (Å²) in [5.74, 6) is -0.679. The van der Waals surface area contributed by atoms with Crippen LogP contribution in [-0.4, -0.2) is 36.5 Å². The lowest BCUT2D eigenvalue weighted by Gasteiger charge is -2.30. The monoisotopic (exact) mass is 341 g/mol. The Balaban J connectivity index is 1.97. The van der Waals surface area contributed by atoms with Crippen LogP contribution in [-0.2, 0) is 14.3 Å². The first kappa shape index (κ1) is 18.5. The number of likely N-dealkylation sites (tertiary alicyclic amines) is 1. The number of hydrogen-bond acceptors (Lipinski definition) is 5. The Morgan fingerprint density at radius 2 is 2.04 bits per heavy atom. The van der Waals surface area contributed by atoms with Gasteiger partial charge in [0.2, 0.25) is 0 Å². The van der Waals surface area contributed by atoms with E-state index in [4.69, 9.17) is 4.74 Å². The van der Waals surface area contributed by atoms with Gasteiger partial charge in [-0.3, -0.25) is 9.59 Å². The van der Waals surface area contributed by atoms with Crippen molar-refractivity contribution in [3.63, 3.8) is 0 Å². The fourth-order valence-corrected chi connectivity index (χ4v) is 2.78. The molecular formula is C19H23N3O3. The summed E-state index contributed by atoms with van der Waals surface area (Å²) >= 11 is 0. The van der Waals surface area contributed by atoms with Crippen LogP contribution in [0.1, 0.15) is 25.3 Å². The first-order valence-electron chi connectivity index (χ1n) is 8.45. The summed E-state index contributed by atoms with van der Waals surface area (Å²) in [4.78, 5) is 25.9. The molecule has 2 rings (SSSR count). The maximum Gasteiger partial charge on any atom is 0.309 e. The third-order valence-corrected chi connectivity index (χ3v) is 4.27. The van der Waals surface area contributed by atoms with Crippen LogP contribution in [0.15, 0.2) is 36.0 Å². The molecule has 0 aromatic heterocycles. The molecule has 6 heteroatoms. The standard InChI is InChI=1S/C19H23N3O3/c1-3-25-19(24)15-8-10-22(11-9-15)18(23)16(12-20)13-21-17-7-5-4-6-14(17)2/h4-7,13,15,21H,3,8-11H2,1-2H3/b16-13-. The number of benzene rings is 1. The van der Waals surface area contributed by atoms with Gasteiger partial charge in [0, 0.05) is 25.0 Å². The number of ether oxygens (including phenoxy) is 1. The molecule has 1 heterocycles. The fraction of sp³-hybridized carbons (Fsp3) is 0.421. The van der Waals surface area contributed by atoms with Crippen molar-refractivity contribution >= 4 is 17.6 Å². The van der Waals surface area contributed by atoms with Gasteiger partial charge < -0.3 is 15.0 Å². The SMILES string of the molecule is CCOC(=O)C1CCN(C(=O)/C(C#N)=C\Nc2ccccc2C)CC1. The van der Waals surface area contributed by atoms with Gasteiger partial charge in [-0.05, 0) is 38.3 Å². The number of nitrogens with zero attached hydrogens (tertiary/aromatic N) is 2. The number of aryl methyl sites for hydroxylation is 1. The number of nitrogens with one attached hydrogen (secondary N) is 1. The molecule has 1 amide bonds. The molecule has 0 saturated carbocycles. The molecule has 1 aliphatic rings. The van der Waals surface area contributed by atoms with Gasteiger partial charge in [0.1, 0.15) is 11.6 Å². The molecule has 25 heavy (non-hydrogen) atoms. The second kappa shape index (κ2) is 8.88. The second-order valence-electron chi connectivity index (χ2n) is 5.95. The topological polar surface area (TPSA) is 82.4 Å². The highest BCUT2D eigenvalue weighted by atomic mass is 16.5. The summed E-state index contributed by atoms with van der Waals surface area (Å²) in [5, 5.41) is 12.3. The highest BCUT2D eigenvalue weighted by molar-refractivity contribution is 5.97. The van der Waals surface area contributed by atoms with Crippen molar-refractivity contribution in [1.82, 2.24) is 4.90 Å². The number of carbonyl (C=O) groups excluding carboxylic acids is 2.